The van der Waals surface area contributed by atoms with Gasteiger partial charge < -0.3 is 5.32 Å². The number of aromatic nitrogens is 1. The molecule has 0 fully saturated rings. The van der Waals surface area contributed by atoms with Crippen LogP contribution in [0.3, 0.4) is 0 Å². The summed E-state index contributed by atoms with van der Waals surface area (Å²) in [6.45, 7) is 3.73. The van der Waals surface area contributed by atoms with Crippen LogP contribution in [0.25, 0.3) is 0 Å². The molecular formula is C19H18N2O3S3. The van der Waals surface area contributed by atoms with Crippen LogP contribution in [0.5, 0.6) is 0 Å². The van der Waals surface area contributed by atoms with Crippen molar-refractivity contribution in [3.8, 4) is 0 Å². The fraction of sp³-hybridized carbons (Fsp3) is 0.158. The molecular weight excluding hydrogens is 400 g/mol. The molecule has 1 N–H and O–H groups in total. The van der Waals surface area contributed by atoms with Gasteiger partial charge in [-0.15, -0.1) is 11.3 Å². The zero-order valence-corrected chi connectivity index (χ0v) is 17.5. The van der Waals surface area contributed by atoms with Crippen LogP contribution in [0.15, 0.2) is 62.0 Å². The lowest BCUT2D eigenvalue weighted by Crippen LogP contribution is -2.14. The molecule has 5 nitrogen and oxygen atoms in total. The van der Waals surface area contributed by atoms with Crippen LogP contribution in [-0.2, 0) is 9.84 Å². The summed E-state index contributed by atoms with van der Waals surface area (Å²) in [7, 11) is -3.37. The second-order valence-electron chi connectivity index (χ2n) is 6.08. The molecule has 0 aliphatic heterocycles. The maximum Gasteiger partial charge on any atom is 0.255 e. The Kier molecular flexibility index (Phi) is 5.69. The number of rotatable bonds is 5. The number of hydrogen-bond acceptors (Lipinski definition) is 6. The van der Waals surface area contributed by atoms with Crippen molar-refractivity contribution in [2.75, 3.05) is 11.6 Å². The van der Waals surface area contributed by atoms with Gasteiger partial charge in [-0.2, -0.15) is 0 Å². The molecule has 27 heavy (non-hydrogen) atoms. The Bertz CT molecular complexity index is 1090. The smallest absolute Gasteiger partial charge is 0.255 e. The first kappa shape index (κ1) is 19.6. The number of amides is 1. The molecule has 1 amide bonds. The number of hydrogen-bond donors (Lipinski definition) is 1. The van der Waals surface area contributed by atoms with E-state index in [2.05, 4.69) is 10.3 Å². The summed E-state index contributed by atoms with van der Waals surface area (Å²) in [5.41, 5.74) is 2.70. The number of anilines is 1. The van der Waals surface area contributed by atoms with Crippen molar-refractivity contribution in [1.29, 1.82) is 0 Å². The summed E-state index contributed by atoms with van der Waals surface area (Å²) < 4.78 is 24.4. The Labute approximate surface area is 166 Å². The maximum absolute atomic E-state index is 12.6. The lowest BCUT2D eigenvalue weighted by Gasteiger charge is -2.10. The second kappa shape index (κ2) is 7.84. The summed E-state index contributed by atoms with van der Waals surface area (Å²) in [4.78, 5) is 18.1. The minimum atomic E-state index is -3.37. The van der Waals surface area contributed by atoms with Crippen LogP contribution in [0, 0.1) is 13.8 Å². The first-order valence-electron chi connectivity index (χ1n) is 8.04. The molecule has 0 bridgehead atoms. The Morgan fingerprint density at radius 1 is 1.11 bits per heavy atom. The van der Waals surface area contributed by atoms with Gasteiger partial charge >= 0.3 is 0 Å². The van der Waals surface area contributed by atoms with Crippen LogP contribution in [0.1, 0.15) is 21.6 Å². The van der Waals surface area contributed by atoms with E-state index in [1.807, 2.05) is 36.6 Å². The quantitative estimate of drug-likeness (QED) is 0.657. The van der Waals surface area contributed by atoms with Crippen molar-refractivity contribution in [3.63, 3.8) is 0 Å². The van der Waals surface area contributed by atoms with Crippen LogP contribution in [-0.4, -0.2) is 25.6 Å². The number of carbonyl (C=O) groups excluding carboxylic acids is 1. The Hall–Kier alpha value is -2.16. The van der Waals surface area contributed by atoms with Crippen LogP contribution in [0.2, 0.25) is 0 Å². The molecule has 0 spiro atoms. The topological polar surface area (TPSA) is 76.1 Å². The number of benzene rings is 2. The zero-order valence-electron chi connectivity index (χ0n) is 15.0. The number of thiazole rings is 1. The Morgan fingerprint density at radius 3 is 2.41 bits per heavy atom. The number of nitrogens with one attached hydrogen (secondary N) is 1. The normalized spacial score (nSPS) is 11.4. The predicted molar refractivity (Wildman–Crippen MR) is 110 cm³/mol. The molecule has 2 aromatic carbocycles. The molecule has 0 saturated heterocycles. The van der Waals surface area contributed by atoms with Gasteiger partial charge in [-0.05, 0) is 55.8 Å². The van der Waals surface area contributed by atoms with Gasteiger partial charge in [0, 0.05) is 33.5 Å². The largest absolute Gasteiger partial charge is 0.322 e. The third-order valence-corrected chi connectivity index (χ3v) is 6.97. The first-order valence-corrected chi connectivity index (χ1v) is 11.6. The zero-order chi connectivity index (χ0) is 19.6. The van der Waals surface area contributed by atoms with Crippen molar-refractivity contribution >= 4 is 44.5 Å². The van der Waals surface area contributed by atoms with E-state index >= 15 is 0 Å². The van der Waals surface area contributed by atoms with Crippen LogP contribution < -0.4 is 5.32 Å². The second-order valence-corrected chi connectivity index (χ2v) is 10.3. The van der Waals surface area contributed by atoms with Crippen molar-refractivity contribution < 1.29 is 13.2 Å². The van der Waals surface area contributed by atoms with E-state index in [0.717, 1.165) is 21.2 Å². The molecule has 3 aromatic rings. The van der Waals surface area contributed by atoms with Gasteiger partial charge in [0.2, 0.25) is 0 Å². The fourth-order valence-corrected chi connectivity index (χ4v) is 4.82. The lowest BCUT2D eigenvalue weighted by molar-refractivity contribution is 0.102. The van der Waals surface area contributed by atoms with E-state index in [9.17, 15) is 13.2 Å². The summed E-state index contributed by atoms with van der Waals surface area (Å²) >= 11 is 3.16. The Balaban J connectivity index is 1.74. The number of sulfone groups is 1. The van der Waals surface area contributed by atoms with Gasteiger partial charge in [0.25, 0.3) is 5.91 Å². The average Bonchev–Trinajstić information content (AvgIpc) is 3.01. The summed E-state index contributed by atoms with van der Waals surface area (Å²) in [6, 6.07) is 12.0. The molecule has 0 aliphatic rings. The molecule has 3 rings (SSSR count). The highest BCUT2D eigenvalue weighted by atomic mass is 32.2. The third kappa shape index (κ3) is 4.97. The van der Waals surface area contributed by atoms with Gasteiger partial charge in [0.15, 0.2) is 14.2 Å². The van der Waals surface area contributed by atoms with E-state index in [0.29, 0.717) is 16.8 Å². The standard InChI is InChI=1S/C19H18N2O3S3/c1-12-4-9-16(27(3,23)24)10-17(12)18(22)21-14-5-7-15(8-6-14)26-19-20-13(2)11-25-19/h4-11H,1-3H3,(H,21,22). The molecule has 0 saturated carbocycles. The molecule has 1 heterocycles. The highest BCUT2D eigenvalue weighted by Crippen LogP contribution is 2.31. The predicted octanol–water partition coefficient (Wildman–Crippen LogP) is 4.57. The van der Waals surface area contributed by atoms with E-state index in [1.165, 1.54) is 12.1 Å². The number of nitrogens with zero attached hydrogens (tertiary/aromatic N) is 1. The SMILES string of the molecule is Cc1csc(Sc2ccc(NC(=O)c3cc(S(C)(=O)=O)ccc3C)cc2)n1. The van der Waals surface area contributed by atoms with Gasteiger partial charge in [-0.3, -0.25) is 4.79 Å². The van der Waals surface area contributed by atoms with E-state index < -0.39 is 9.84 Å². The van der Waals surface area contributed by atoms with Crippen molar-refractivity contribution in [3.05, 3.63) is 64.7 Å². The molecule has 140 valence electrons. The van der Waals surface area contributed by atoms with E-state index in [1.54, 1.807) is 36.1 Å². The van der Waals surface area contributed by atoms with Gasteiger partial charge in [0.1, 0.15) is 0 Å². The molecule has 0 radical (unpaired) electrons. The van der Waals surface area contributed by atoms with E-state index in [4.69, 9.17) is 0 Å². The van der Waals surface area contributed by atoms with Gasteiger partial charge in [-0.25, -0.2) is 13.4 Å². The highest BCUT2D eigenvalue weighted by molar-refractivity contribution is 8.01. The van der Waals surface area contributed by atoms with E-state index in [-0.39, 0.29) is 10.8 Å². The minimum absolute atomic E-state index is 0.128. The maximum atomic E-state index is 12.6. The molecule has 0 atom stereocenters. The van der Waals surface area contributed by atoms with Crippen LogP contribution in [0.4, 0.5) is 5.69 Å². The summed E-state index contributed by atoms with van der Waals surface area (Å²) in [5.74, 6) is -0.339. The monoisotopic (exact) mass is 418 g/mol. The minimum Gasteiger partial charge on any atom is -0.322 e. The van der Waals surface area contributed by atoms with Gasteiger partial charge in [-0.1, -0.05) is 17.8 Å². The van der Waals surface area contributed by atoms with Gasteiger partial charge in [0.05, 0.1) is 4.90 Å². The van der Waals surface area contributed by atoms with Crippen molar-refractivity contribution in [2.24, 2.45) is 0 Å². The molecule has 8 heteroatoms. The number of aryl methyl sites for hydroxylation is 2. The van der Waals surface area contributed by atoms with Crippen molar-refractivity contribution in [1.82, 2.24) is 4.98 Å². The average molecular weight is 419 g/mol. The highest BCUT2D eigenvalue weighted by Gasteiger charge is 2.14. The third-order valence-electron chi connectivity index (χ3n) is 3.80. The summed E-state index contributed by atoms with van der Waals surface area (Å²) in [5, 5.41) is 4.82. The van der Waals surface area contributed by atoms with Crippen LogP contribution >= 0.6 is 23.1 Å². The molecule has 0 unspecified atom stereocenters. The van der Waals surface area contributed by atoms with Crippen molar-refractivity contribution in [2.45, 2.75) is 28.0 Å². The number of carbonyl (C=O) groups is 1. The molecule has 1 aromatic heterocycles. The fourth-order valence-electron chi connectivity index (χ4n) is 2.36. The first-order chi connectivity index (χ1) is 12.7. The Morgan fingerprint density at radius 2 is 1.81 bits per heavy atom. The molecule has 0 aliphatic carbocycles. The lowest BCUT2D eigenvalue weighted by atomic mass is 10.1. The summed E-state index contributed by atoms with van der Waals surface area (Å²) in [6.07, 6.45) is 1.12.